The van der Waals surface area contributed by atoms with Crippen LogP contribution in [0, 0.1) is 0 Å². The molecule has 0 aliphatic rings. The number of hydrogen-bond donors (Lipinski definition) is 2. The molecule has 0 fully saturated rings. The average molecular weight is 276 g/mol. The normalized spacial score (nSPS) is 12.3. The summed E-state index contributed by atoms with van der Waals surface area (Å²) in [6.45, 7) is 2.52. The third-order valence-electron chi connectivity index (χ3n) is 2.77. The van der Waals surface area contributed by atoms with Gasteiger partial charge in [0.2, 0.25) is 0 Å². The van der Waals surface area contributed by atoms with Crippen LogP contribution in [0.15, 0.2) is 35.7 Å². The van der Waals surface area contributed by atoms with Gasteiger partial charge < -0.3 is 5.11 Å². The largest absolute Gasteiger partial charge is 0.480 e. The van der Waals surface area contributed by atoms with Crippen molar-refractivity contribution in [2.45, 2.75) is 25.9 Å². The van der Waals surface area contributed by atoms with Crippen molar-refractivity contribution in [2.24, 2.45) is 0 Å². The van der Waals surface area contributed by atoms with E-state index in [1.54, 1.807) is 11.3 Å². The first-order chi connectivity index (χ1) is 9.20. The highest BCUT2D eigenvalue weighted by Gasteiger charge is 2.18. The fourth-order valence-electron chi connectivity index (χ4n) is 1.79. The summed E-state index contributed by atoms with van der Waals surface area (Å²) in [7, 11) is 0. The molecule has 0 saturated heterocycles. The maximum absolute atomic E-state index is 11.3. The number of hydrogen-bond acceptors (Lipinski definition) is 4. The van der Waals surface area contributed by atoms with Gasteiger partial charge in [-0.05, 0) is 12.0 Å². The highest BCUT2D eigenvalue weighted by molar-refractivity contribution is 7.09. The quantitative estimate of drug-likeness (QED) is 0.851. The van der Waals surface area contributed by atoms with Gasteiger partial charge in [-0.1, -0.05) is 37.3 Å². The second-order valence-corrected chi connectivity index (χ2v) is 5.09. The first-order valence-electron chi connectivity index (χ1n) is 6.15. The molecule has 0 amide bonds. The Balaban J connectivity index is 2.04. The van der Waals surface area contributed by atoms with Gasteiger partial charge in [0.1, 0.15) is 6.04 Å². The van der Waals surface area contributed by atoms with Crippen LogP contribution in [0.3, 0.4) is 0 Å². The van der Waals surface area contributed by atoms with E-state index in [1.807, 2.05) is 35.7 Å². The van der Waals surface area contributed by atoms with Crippen molar-refractivity contribution in [3.63, 3.8) is 0 Å². The van der Waals surface area contributed by atoms with E-state index < -0.39 is 12.0 Å². The standard InChI is InChI=1S/C14H16N2O2S/c1-2-12-16-11(9-19-12)8-15-13(14(17)18)10-6-4-3-5-7-10/h3-7,9,13,15H,2,8H2,1H3,(H,17,18)/t13-/m1/s1. The summed E-state index contributed by atoms with van der Waals surface area (Å²) in [6.07, 6.45) is 0.908. The van der Waals surface area contributed by atoms with E-state index in [9.17, 15) is 9.90 Å². The molecule has 1 heterocycles. The van der Waals surface area contributed by atoms with Crippen LogP contribution >= 0.6 is 11.3 Å². The van der Waals surface area contributed by atoms with Crippen LogP contribution in [-0.2, 0) is 17.8 Å². The zero-order valence-electron chi connectivity index (χ0n) is 10.7. The van der Waals surface area contributed by atoms with Crippen molar-refractivity contribution in [1.82, 2.24) is 10.3 Å². The van der Waals surface area contributed by atoms with Crippen LogP contribution in [0.25, 0.3) is 0 Å². The van der Waals surface area contributed by atoms with Crippen molar-refractivity contribution in [3.05, 3.63) is 52.0 Å². The molecular formula is C14H16N2O2S. The second-order valence-electron chi connectivity index (χ2n) is 4.15. The molecular weight excluding hydrogens is 260 g/mol. The van der Waals surface area contributed by atoms with Gasteiger partial charge in [0.15, 0.2) is 0 Å². The Morgan fingerprint density at radius 2 is 2.16 bits per heavy atom. The Kier molecular flexibility index (Phi) is 4.65. The number of carbonyl (C=O) groups is 1. The molecule has 100 valence electrons. The summed E-state index contributed by atoms with van der Waals surface area (Å²) in [5.74, 6) is -0.878. The molecule has 2 N–H and O–H groups in total. The topological polar surface area (TPSA) is 62.2 Å². The van der Waals surface area contributed by atoms with E-state index in [2.05, 4.69) is 17.2 Å². The molecule has 1 atom stereocenters. The first-order valence-corrected chi connectivity index (χ1v) is 7.03. The molecule has 0 aliphatic heterocycles. The molecule has 0 unspecified atom stereocenters. The number of nitrogens with zero attached hydrogens (tertiary/aromatic N) is 1. The van der Waals surface area contributed by atoms with Crippen molar-refractivity contribution >= 4 is 17.3 Å². The lowest BCUT2D eigenvalue weighted by Crippen LogP contribution is -2.28. The SMILES string of the molecule is CCc1nc(CN[C@@H](C(=O)O)c2ccccc2)cs1. The molecule has 0 radical (unpaired) electrons. The smallest absolute Gasteiger partial charge is 0.325 e. The van der Waals surface area contributed by atoms with Gasteiger partial charge in [-0.2, -0.15) is 0 Å². The predicted octanol–water partition coefficient (Wildman–Crippen LogP) is 2.62. The zero-order valence-corrected chi connectivity index (χ0v) is 11.5. The number of aliphatic carboxylic acids is 1. The molecule has 0 bridgehead atoms. The van der Waals surface area contributed by atoms with Crippen LogP contribution in [-0.4, -0.2) is 16.1 Å². The van der Waals surface area contributed by atoms with Crippen molar-refractivity contribution in [2.75, 3.05) is 0 Å². The summed E-state index contributed by atoms with van der Waals surface area (Å²) >= 11 is 1.61. The van der Waals surface area contributed by atoms with Gasteiger partial charge in [-0.25, -0.2) is 4.98 Å². The van der Waals surface area contributed by atoms with Crippen LogP contribution in [0.1, 0.15) is 29.2 Å². The Labute approximate surface area is 116 Å². The van der Waals surface area contributed by atoms with E-state index in [-0.39, 0.29) is 0 Å². The molecule has 1 aromatic heterocycles. The minimum atomic E-state index is -0.878. The molecule has 0 aliphatic carbocycles. The van der Waals surface area contributed by atoms with Gasteiger partial charge in [0, 0.05) is 11.9 Å². The number of carboxylic acids is 1. The van der Waals surface area contributed by atoms with E-state index in [0.29, 0.717) is 6.54 Å². The highest BCUT2D eigenvalue weighted by Crippen LogP contribution is 2.15. The minimum absolute atomic E-state index is 0.461. The third-order valence-corrected chi connectivity index (χ3v) is 3.81. The van der Waals surface area contributed by atoms with Crippen LogP contribution in [0.5, 0.6) is 0 Å². The molecule has 19 heavy (non-hydrogen) atoms. The van der Waals surface area contributed by atoms with Crippen molar-refractivity contribution in [1.29, 1.82) is 0 Å². The third kappa shape index (κ3) is 3.62. The monoisotopic (exact) mass is 276 g/mol. The number of aromatic nitrogens is 1. The Morgan fingerprint density at radius 1 is 1.42 bits per heavy atom. The molecule has 2 rings (SSSR count). The van der Waals surface area contributed by atoms with Gasteiger partial charge >= 0.3 is 5.97 Å². The van der Waals surface area contributed by atoms with E-state index >= 15 is 0 Å². The maximum atomic E-state index is 11.3. The molecule has 0 spiro atoms. The summed E-state index contributed by atoms with van der Waals surface area (Å²) in [4.78, 5) is 15.7. The number of thiazole rings is 1. The Hall–Kier alpha value is -1.72. The van der Waals surface area contributed by atoms with Gasteiger partial charge in [-0.15, -0.1) is 11.3 Å². The lowest BCUT2D eigenvalue weighted by Gasteiger charge is -2.13. The summed E-state index contributed by atoms with van der Waals surface area (Å²) in [5, 5.41) is 15.4. The van der Waals surface area contributed by atoms with Gasteiger partial charge in [0.05, 0.1) is 10.7 Å². The summed E-state index contributed by atoms with van der Waals surface area (Å²) in [6, 6.07) is 8.47. The highest BCUT2D eigenvalue weighted by atomic mass is 32.1. The van der Waals surface area contributed by atoms with Crippen molar-refractivity contribution < 1.29 is 9.90 Å². The van der Waals surface area contributed by atoms with Crippen molar-refractivity contribution in [3.8, 4) is 0 Å². The van der Waals surface area contributed by atoms with Crippen LogP contribution in [0.2, 0.25) is 0 Å². The lowest BCUT2D eigenvalue weighted by atomic mass is 10.1. The maximum Gasteiger partial charge on any atom is 0.325 e. The molecule has 0 saturated carbocycles. The number of benzene rings is 1. The number of nitrogens with one attached hydrogen (secondary N) is 1. The minimum Gasteiger partial charge on any atom is -0.480 e. The van der Waals surface area contributed by atoms with Crippen LogP contribution < -0.4 is 5.32 Å². The number of aryl methyl sites for hydroxylation is 1. The summed E-state index contributed by atoms with van der Waals surface area (Å²) in [5.41, 5.74) is 1.64. The first kappa shape index (κ1) is 13.7. The summed E-state index contributed by atoms with van der Waals surface area (Å²) < 4.78 is 0. The average Bonchev–Trinajstić information content (AvgIpc) is 2.88. The Bertz CT molecular complexity index is 539. The molecule has 1 aromatic carbocycles. The number of rotatable bonds is 6. The number of carboxylic acid groups (broad SMARTS) is 1. The molecule has 4 nitrogen and oxygen atoms in total. The fraction of sp³-hybridized carbons (Fsp3) is 0.286. The zero-order chi connectivity index (χ0) is 13.7. The van der Waals surface area contributed by atoms with E-state index in [0.717, 1.165) is 22.7 Å². The van der Waals surface area contributed by atoms with E-state index in [4.69, 9.17) is 0 Å². The molecule has 5 heteroatoms. The van der Waals surface area contributed by atoms with E-state index in [1.165, 1.54) is 0 Å². The predicted molar refractivity (Wildman–Crippen MR) is 75.2 cm³/mol. The van der Waals surface area contributed by atoms with Crippen LogP contribution in [0.4, 0.5) is 0 Å². The van der Waals surface area contributed by atoms with Gasteiger partial charge in [-0.3, -0.25) is 10.1 Å². The Morgan fingerprint density at radius 3 is 2.74 bits per heavy atom. The molecule has 2 aromatic rings. The van der Waals surface area contributed by atoms with Gasteiger partial charge in [0.25, 0.3) is 0 Å². The second kappa shape index (κ2) is 6.45. The lowest BCUT2D eigenvalue weighted by molar-refractivity contribution is -0.139. The fourth-order valence-corrected chi connectivity index (χ4v) is 2.54.